The van der Waals surface area contributed by atoms with Crippen molar-refractivity contribution in [3.63, 3.8) is 0 Å². The normalized spacial score (nSPS) is 16.5. The first kappa shape index (κ1) is 15.9. The van der Waals surface area contributed by atoms with Gasteiger partial charge in [-0.25, -0.2) is 0 Å². The molecule has 2 heterocycles. The highest BCUT2D eigenvalue weighted by atomic mass is 32.1. The number of hydrogen-bond acceptors (Lipinski definition) is 4. The van der Waals surface area contributed by atoms with E-state index < -0.39 is 11.8 Å². The van der Waals surface area contributed by atoms with Crippen molar-refractivity contribution in [2.24, 2.45) is 0 Å². The minimum Gasteiger partial charge on any atom is -0.497 e. The molecular weight excluding hydrogens is 326 g/mol. The number of thiocarbonyl (C=S) groups is 1. The van der Waals surface area contributed by atoms with Crippen LogP contribution in [0.5, 0.6) is 5.75 Å². The Kier molecular flexibility index (Phi) is 4.18. The third kappa shape index (κ3) is 2.93. The molecule has 0 radical (unpaired) electrons. The van der Waals surface area contributed by atoms with E-state index in [-0.39, 0.29) is 10.7 Å². The molecule has 2 aromatic rings. The van der Waals surface area contributed by atoms with Gasteiger partial charge in [-0.05, 0) is 54.2 Å². The van der Waals surface area contributed by atoms with Gasteiger partial charge in [0.1, 0.15) is 11.3 Å². The number of benzene rings is 1. The van der Waals surface area contributed by atoms with E-state index >= 15 is 0 Å². The van der Waals surface area contributed by atoms with Crippen LogP contribution >= 0.6 is 12.2 Å². The molecule has 0 spiro atoms. The Morgan fingerprint density at radius 3 is 2.54 bits per heavy atom. The van der Waals surface area contributed by atoms with Crippen LogP contribution in [0.2, 0.25) is 0 Å². The fourth-order valence-electron chi connectivity index (χ4n) is 2.33. The Balaban J connectivity index is 1.88. The van der Waals surface area contributed by atoms with Crippen LogP contribution in [0.3, 0.4) is 0 Å². The number of hydrogen-bond donors (Lipinski definition) is 1. The van der Waals surface area contributed by atoms with Gasteiger partial charge in [0.25, 0.3) is 11.8 Å². The maximum Gasteiger partial charge on any atom is 0.265 e. The van der Waals surface area contributed by atoms with Crippen molar-refractivity contribution < 1.29 is 14.3 Å². The lowest BCUT2D eigenvalue weighted by molar-refractivity contribution is -0.128. The molecule has 1 saturated heterocycles. The van der Waals surface area contributed by atoms with Gasteiger partial charge in [-0.15, -0.1) is 0 Å². The van der Waals surface area contributed by atoms with E-state index in [1.54, 1.807) is 13.2 Å². The number of carbonyl (C=O) groups excluding carboxylic acids is 2. The quantitative estimate of drug-likeness (QED) is 0.525. The number of aromatic nitrogens is 1. The molecule has 122 valence electrons. The minimum atomic E-state index is -0.486. The number of amides is 2. The number of nitrogens with one attached hydrogen (secondary N) is 1. The Morgan fingerprint density at radius 2 is 1.88 bits per heavy atom. The second kappa shape index (κ2) is 6.29. The van der Waals surface area contributed by atoms with Gasteiger partial charge in [-0.1, -0.05) is 0 Å². The standard InChI is InChI=1S/C17H15N3O3S/c1-19-16(22)14(15(21)18-17(19)24)9-11-7-8-20(10-11)12-3-5-13(23-2)6-4-12/h3-10H,1-2H3,(H,18,21,24)/b14-9-. The summed E-state index contributed by atoms with van der Waals surface area (Å²) >= 11 is 4.92. The van der Waals surface area contributed by atoms with Gasteiger partial charge in [0.05, 0.1) is 7.11 Å². The molecule has 0 atom stereocenters. The van der Waals surface area contributed by atoms with Gasteiger partial charge in [0.2, 0.25) is 0 Å². The first-order valence-corrected chi connectivity index (χ1v) is 7.58. The van der Waals surface area contributed by atoms with Gasteiger partial charge >= 0.3 is 0 Å². The third-order valence-electron chi connectivity index (χ3n) is 3.70. The van der Waals surface area contributed by atoms with Crippen LogP contribution in [0.15, 0.2) is 48.3 Å². The summed E-state index contributed by atoms with van der Waals surface area (Å²) in [6.07, 6.45) is 5.24. The summed E-state index contributed by atoms with van der Waals surface area (Å²) in [6.45, 7) is 0. The van der Waals surface area contributed by atoms with E-state index in [0.29, 0.717) is 0 Å². The number of ether oxygens (including phenoxy) is 1. The molecule has 0 bridgehead atoms. The van der Waals surface area contributed by atoms with Crippen LogP contribution in [0, 0.1) is 0 Å². The monoisotopic (exact) mass is 341 g/mol. The van der Waals surface area contributed by atoms with Crippen molar-refractivity contribution >= 4 is 35.2 Å². The minimum absolute atomic E-state index is 0.0542. The topological polar surface area (TPSA) is 63.6 Å². The van der Waals surface area contributed by atoms with E-state index in [4.69, 9.17) is 17.0 Å². The lowest BCUT2D eigenvalue weighted by Crippen LogP contribution is -2.52. The summed E-state index contributed by atoms with van der Waals surface area (Å²) in [5.74, 6) is -0.127. The maximum atomic E-state index is 12.2. The first-order valence-electron chi connectivity index (χ1n) is 7.17. The molecule has 7 heteroatoms. The predicted octanol–water partition coefficient (Wildman–Crippen LogP) is 1.74. The Labute approximate surface area is 144 Å². The van der Waals surface area contributed by atoms with Crippen LogP contribution in [0.4, 0.5) is 0 Å². The first-order chi connectivity index (χ1) is 11.5. The molecule has 24 heavy (non-hydrogen) atoms. The molecule has 0 saturated carbocycles. The molecule has 1 fully saturated rings. The number of nitrogens with zero attached hydrogens (tertiary/aromatic N) is 2. The average molecular weight is 341 g/mol. The van der Waals surface area contributed by atoms with Crippen molar-refractivity contribution in [3.8, 4) is 11.4 Å². The lowest BCUT2D eigenvalue weighted by Gasteiger charge is -2.24. The molecule has 1 aliphatic heterocycles. The molecule has 0 unspecified atom stereocenters. The Morgan fingerprint density at radius 1 is 1.17 bits per heavy atom. The molecule has 1 N–H and O–H groups in total. The summed E-state index contributed by atoms with van der Waals surface area (Å²) in [6, 6.07) is 9.38. The fourth-order valence-corrected chi connectivity index (χ4v) is 2.50. The van der Waals surface area contributed by atoms with Crippen LogP contribution in [0.1, 0.15) is 5.56 Å². The Bertz CT molecular complexity index is 852. The van der Waals surface area contributed by atoms with Gasteiger partial charge in [0.15, 0.2) is 5.11 Å². The van der Waals surface area contributed by atoms with Gasteiger partial charge in [-0.3, -0.25) is 19.8 Å². The van der Waals surface area contributed by atoms with Crippen LogP contribution in [-0.4, -0.2) is 40.6 Å². The summed E-state index contributed by atoms with van der Waals surface area (Å²) in [5.41, 5.74) is 1.74. The molecule has 1 aromatic carbocycles. The van der Waals surface area contributed by atoms with Crippen molar-refractivity contribution in [1.82, 2.24) is 14.8 Å². The zero-order chi connectivity index (χ0) is 17.3. The molecule has 1 aromatic heterocycles. The summed E-state index contributed by atoms with van der Waals surface area (Å²) < 4.78 is 7.03. The summed E-state index contributed by atoms with van der Waals surface area (Å²) in [7, 11) is 3.14. The molecule has 3 rings (SSSR count). The average Bonchev–Trinajstić information content (AvgIpc) is 3.05. The highest BCUT2D eigenvalue weighted by Crippen LogP contribution is 2.18. The van der Waals surface area contributed by atoms with Crippen LogP contribution in [-0.2, 0) is 9.59 Å². The highest BCUT2D eigenvalue weighted by Gasteiger charge is 2.30. The van der Waals surface area contributed by atoms with E-state index in [1.807, 2.05) is 47.3 Å². The molecule has 1 aliphatic rings. The SMILES string of the molecule is COc1ccc(-n2ccc(/C=C3/C(=O)NC(=S)N(C)C3=O)c2)cc1. The second-order valence-electron chi connectivity index (χ2n) is 5.23. The number of carbonyl (C=O) groups is 2. The number of rotatable bonds is 3. The predicted molar refractivity (Wildman–Crippen MR) is 93.8 cm³/mol. The summed E-state index contributed by atoms with van der Waals surface area (Å²) in [4.78, 5) is 25.4. The zero-order valence-electron chi connectivity index (χ0n) is 13.1. The van der Waals surface area contributed by atoms with E-state index in [0.717, 1.165) is 17.0 Å². The largest absolute Gasteiger partial charge is 0.497 e. The lowest BCUT2D eigenvalue weighted by atomic mass is 10.1. The number of likely N-dealkylation sites (N-methyl/N-ethyl adjacent to an activating group) is 1. The van der Waals surface area contributed by atoms with Crippen molar-refractivity contribution in [1.29, 1.82) is 0 Å². The van der Waals surface area contributed by atoms with Gasteiger partial charge in [-0.2, -0.15) is 0 Å². The molecule has 0 aliphatic carbocycles. The summed E-state index contributed by atoms with van der Waals surface area (Å²) in [5, 5.41) is 2.60. The smallest absolute Gasteiger partial charge is 0.265 e. The molecule has 6 nitrogen and oxygen atoms in total. The molecule has 2 amide bonds. The van der Waals surface area contributed by atoms with Gasteiger partial charge in [0, 0.05) is 25.1 Å². The van der Waals surface area contributed by atoms with E-state index in [1.165, 1.54) is 11.9 Å². The Hall–Kier alpha value is -2.93. The second-order valence-corrected chi connectivity index (χ2v) is 5.62. The van der Waals surface area contributed by atoms with Crippen LogP contribution < -0.4 is 10.1 Å². The van der Waals surface area contributed by atoms with Crippen molar-refractivity contribution in [2.75, 3.05) is 14.2 Å². The van der Waals surface area contributed by atoms with E-state index in [2.05, 4.69) is 5.32 Å². The van der Waals surface area contributed by atoms with Crippen molar-refractivity contribution in [2.45, 2.75) is 0 Å². The van der Waals surface area contributed by atoms with Crippen LogP contribution in [0.25, 0.3) is 11.8 Å². The third-order valence-corrected chi connectivity index (χ3v) is 4.08. The van der Waals surface area contributed by atoms with Gasteiger partial charge < -0.3 is 9.30 Å². The maximum absolute atomic E-state index is 12.2. The van der Waals surface area contributed by atoms with Crippen molar-refractivity contribution in [3.05, 3.63) is 53.9 Å². The number of methoxy groups -OCH3 is 1. The zero-order valence-corrected chi connectivity index (χ0v) is 14.0. The fraction of sp³-hybridized carbons (Fsp3) is 0.118. The highest BCUT2D eigenvalue weighted by molar-refractivity contribution is 7.80. The molecular formula is C17H15N3O3S. The van der Waals surface area contributed by atoms with E-state index in [9.17, 15) is 9.59 Å².